The number of ketones is 1. The lowest BCUT2D eigenvalue weighted by Crippen LogP contribution is -2.64. The van der Waals surface area contributed by atoms with E-state index in [1.54, 1.807) is 12.1 Å². The van der Waals surface area contributed by atoms with Crippen molar-refractivity contribution in [2.45, 2.75) is 293 Å². The standard InChI is InChI=1S/C65H107IO12SSi2/c1-19-40(3)35-55-44(7)59(57(75-55)39-56-43(6)41(4)36-47(73-56)23-28-52-42(5)37-48(72-52)25-30-58-70-33-34-71-58)63(79(68,69)50-26-21-46(20-2)22-27-50)51(67)38-49-24-29-53-60(74-49)45(8)61(78-81(17,18)65(12,13)14)62(76-53)54(31-32-66)77-80(15,16)64(9,10)11/h21-22,26-27,31-32,40-41,44-45,47-49,52-63H,5-6,19-20,23-25,28-30,33-39H2,1-4,7-18H3/b32-31+/t40-,41-,44+,45+,47+,48+,49-,52+,53+,54+,55-,56-,57+,59-,60-,61+,62+,63?/m1/s1. The van der Waals surface area contributed by atoms with Gasteiger partial charge in [-0.25, -0.2) is 8.42 Å². The third kappa shape index (κ3) is 16.1. The van der Waals surface area contributed by atoms with Crippen LogP contribution in [0.1, 0.15) is 166 Å². The lowest BCUT2D eigenvalue weighted by atomic mass is 9.78. The molecule has 1 unspecified atom stereocenters. The Morgan fingerprint density at radius 2 is 1.44 bits per heavy atom. The summed E-state index contributed by atoms with van der Waals surface area (Å²) in [6.07, 6.45) is 7.50. The largest absolute Gasteiger partial charge is 0.411 e. The van der Waals surface area contributed by atoms with E-state index in [2.05, 4.69) is 151 Å². The first-order valence-electron chi connectivity index (χ1n) is 31.2. The Labute approximate surface area is 506 Å². The van der Waals surface area contributed by atoms with Crippen LogP contribution in [0.5, 0.6) is 0 Å². The molecule has 0 spiro atoms. The van der Waals surface area contributed by atoms with Gasteiger partial charge >= 0.3 is 0 Å². The number of hydrogen-bond acceptors (Lipinski definition) is 12. The van der Waals surface area contributed by atoms with Crippen LogP contribution in [0, 0.1) is 29.6 Å². The lowest BCUT2D eigenvalue weighted by molar-refractivity contribution is -0.251. The summed E-state index contributed by atoms with van der Waals surface area (Å²) in [5, 5.41) is -1.47. The summed E-state index contributed by atoms with van der Waals surface area (Å²) >= 11 is 2.29. The molecule has 1 aromatic rings. The van der Waals surface area contributed by atoms with Crippen molar-refractivity contribution in [1.82, 2.24) is 0 Å². The van der Waals surface area contributed by atoms with Gasteiger partial charge in [-0.1, -0.05) is 137 Å². The van der Waals surface area contributed by atoms with Gasteiger partial charge in [0.25, 0.3) is 0 Å². The fraction of sp³-hybridized carbons (Fsp3) is 0.800. The van der Waals surface area contributed by atoms with E-state index in [0.717, 1.165) is 74.5 Å². The molecular formula is C65H107IO12SSi2. The Balaban J connectivity index is 1.16. The van der Waals surface area contributed by atoms with Crippen LogP contribution in [0.4, 0.5) is 0 Å². The van der Waals surface area contributed by atoms with E-state index in [0.29, 0.717) is 38.4 Å². The summed E-state index contributed by atoms with van der Waals surface area (Å²) in [5.41, 5.74) is 3.14. The maximum absolute atomic E-state index is 15.8. The van der Waals surface area contributed by atoms with Crippen LogP contribution >= 0.6 is 22.6 Å². The van der Waals surface area contributed by atoms with Crippen LogP contribution in [0.15, 0.2) is 63.6 Å². The second-order valence-electron chi connectivity index (χ2n) is 28.5. The minimum absolute atomic E-state index is 0.0217. The molecule has 0 amide bonds. The number of rotatable bonds is 24. The van der Waals surface area contributed by atoms with Gasteiger partial charge in [-0.15, -0.1) is 0 Å². The molecule has 12 nitrogen and oxygen atoms in total. The second-order valence-corrected chi connectivity index (χ2v) is 40.8. The summed E-state index contributed by atoms with van der Waals surface area (Å²) in [6.45, 7) is 46.0. The molecule has 460 valence electrons. The summed E-state index contributed by atoms with van der Waals surface area (Å²) in [5.74, 6) is -0.831. The van der Waals surface area contributed by atoms with Crippen molar-refractivity contribution in [2.24, 2.45) is 29.6 Å². The number of carbonyl (C=O) groups is 1. The zero-order valence-corrected chi connectivity index (χ0v) is 57.6. The van der Waals surface area contributed by atoms with Crippen LogP contribution in [0.25, 0.3) is 0 Å². The minimum atomic E-state index is -4.26. The van der Waals surface area contributed by atoms with E-state index in [4.69, 9.17) is 42.0 Å². The highest BCUT2D eigenvalue weighted by atomic mass is 127. The number of halogens is 1. The number of hydrogen-bond donors (Lipinski definition) is 0. The topological polar surface area (TPSA) is 134 Å². The SMILES string of the molecule is C=C1C[C@H](CCC2OCCO2)O[C@H]1CC[C@H]1C[C@@H](C)C(=C)[C@@H](C[C@@H]2O[C@H](C[C@H](C)CC)[C@H](C)[C@H]2C(C(=O)C[C@H]2CC[C@@H]3O[C@@H]([C@H](/C=C/I)O[Si](C)(C)C(C)(C)C)[C@@H](O[Si](C)(C)C(C)(C)C)[C@@H](C)[C@H]3O2)S(=O)(=O)c2ccc(CC)cc2)O1. The van der Waals surface area contributed by atoms with Crippen LogP contribution < -0.4 is 0 Å². The van der Waals surface area contributed by atoms with Crippen LogP contribution in [0.2, 0.25) is 36.3 Å². The fourth-order valence-electron chi connectivity index (χ4n) is 13.0. The van der Waals surface area contributed by atoms with Gasteiger partial charge in [0.1, 0.15) is 11.4 Å². The zero-order chi connectivity index (χ0) is 59.6. The normalized spacial score (nSPS) is 34.2. The molecule has 7 rings (SSSR count). The number of sulfone groups is 1. The summed E-state index contributed by atoms with van der Waals surface area (Å²) < 4.78 is 94.7. The van der Waals surface area contributed by atoms with E-state index in [-0.39, 0.29) is 112 Å². The van der Waals surface area contributed by atoms with E-state index in [9.17, 15) is 0 Å². The fourth-order valence-corrected chi connectivity index (χ4v) is 18.2. The first-order valence-corrected chi connectivity index (χ1v) is 39.8. The number of benzene rings is 1. The van der Waals surface area contributed by atoms with E-state index in [1.807, 2.05) is 16.2 Å². The number of fused-ring (bicyclic) bond motifs is 1. The first kappa shape index (κ1) is 67.4. The number of aryl methyl sites for hydroxylation is 1. The van der Waals surface area contributed by atoms with Crippen LogP contribution in [0.3, 0.4) is 0 Å². The maximum Gasteiger partial charge on any atom is 0.193 e. The van der Waals surface area contributed by atoms with Crippen molar-refractivity contribution in [2.75, 3.05) is 13.2 Å². The van der Waals surface area contributed by atoms with Gasteiger partial charge in [0, 0.05) is 31.1 Å². The van der Waals surface area contributed by atoms with Crippen molar-refractivity contribution in [3.8, 4) is 0 Å². The molecule has 6 aliphatic rings. The third-order valence-corrected chi connectivity index (χ3v) is 32.1. The highest BCUT2D eigenvalue weighted by molar-refractivity contribution is 14.1. The predicted molar refractivity (Wildman–Crippen MR) is 338 cm³/mol. The predicted octanol–water partition coefficient (Wildman–Crippen LogP) is 14.9. The first-order chi connectivity index (χ1) is 37.9. The molecule has 0 radical (unpaired) electrons. The smallest absolute Gasteiger partial charge is 0.193 e. The molecule has 6 aliphatic heterocycles. The van der Waals surface area contributed by atoms with Gasteiger partial charge < -0.3 is 42.0 Å². The van der Waals surface area contributed by atoms with Gasteiger partial charge in [0.2, 0.25) is 0 Å². The molecule has 1 aromatic carbocycles. The summed E-state index contributed by atoms with van der Waals surface area (Å²) in [6, 6.07) is 7.14. The summed E-state index contributed by atoms with van der Waals surface area (Å²) in [4.78, 5) is 16.0. The molecule has 0 saturated carbocycles. The Kier molecular flexibility index (Phi) is 23.2. The quantitative estimate of drug-likeness (QED) is 0.0554. The van der Waals surface area contributed by atoms with E-state index in [1.165, 1.54) is 0 Å². The Bertz CT molecular complexity index is 2400. The molecule has 18 atom stereocenters. The lowest BCUT2D eigenvalue weighted by Gasteiger charge is -2.54. The Morgan fingerprint density at radius 1 is 0.802 bits per heavy atom. The molecule has 6 saturated heterocycles. The average molecular weight is 1300 g/mol. The molecule has 6 heterocycles. The number of Topliss-reactive ketones (excluding diaryl/α,β-unsaturated/α-hetero) is 1. The van der Waals surface area contributed by atoms with Crippen molar-refractivity contribution in [3.63, 3.8) is 0 Å². The number of carbonyl (C=O) groups excluding carboxylic acids is 1. The number of ether oxygens (including phenoxy) is 7. The third-order valence-electron chi connectivity index (χ3n) is 20.6. The average Bonchev–Trinajstić information content (AvgIpc) is 4.37. The van der Waals surface area contributed by atoms with E-state index < -0.39 is 49.8 Å². The monoisotopic (exact) mass is 1290 g/mol. The summed E-state index contributed by atoms with van der Waals surface area (Å²) in [7, 11) is -8.91. The van der Waals surface area contributed by atoms with Gasteiger partial charge in [-0.05, 0) is 151 Å². The van der Waals surface area contributed by atoms with Crippen LogP contribution in [-0.4, -0.2) is 129 Å². The molecule has 0 bridgehead atoms. The Morgan fingerprint density at radius 3 is 2.06 bits per heavy atom. The molecule has 6 fully saturated rings. The molecule has 0 aromatic heterocycles. The van der Waals surface area contributed by atoms with Crippen molar-refractivity contribution in [1.29, 1.82) is 0 Å². The van der Waals surface area contributed by atoms with Gasteiger partial charge in [0.15, 0.2) is 38.5 Å². The van der Waals surface area contributed by atoms with E-state index >= 15 is 13.2 Å². The van der Waals surface area contributed by atoms with Gasteiger partial charge in [-0.2, -0.15) is 0 Å². The maximum atomic E-state index is 15.8. The zero-order valence-electron chi connectivity index (χ0n) is 52.6. The molecule has 81 heavy (non-hydrogen) atoms. The van der Waals surface area contributed by atoms with Gasteiger partial charge in [-0.3, -0.25) is 4.79 Å². The molecular weight excluding hydrogens is 1190 g/mol. The minimum Gasteiger partial charge on any atom is -0.411 e. The van der Waals surface area contributed by atoms with Crippen molar-refractivity contribution >= 4 is 54.8 Å². The second kappa shape index (κ2) is 27.9. The highest BCUT2D eigenvalue weighted by Gasteiger charge is 2.57. The Hall–Kier alpha value is -1.14. The van der Waals surface area contributed by atoms with Crippen LogP contribution in [-0.2, 0) is 63.1 Å². The molecule has 0 N–H and O–H groups in total. The van der Waals surface area contributed by atoms with Gasteiger partial charge in [0.05, 0.1) is 85.3 Å². The molecule has 0 aliphatic carbocycles. The molecule has 16 heteroatoms. The van der Waals surface area contributed by atoms with Crippen molar-refractivity contribution in [3.05, 3.63) is 64.3 Å². The highest BCUT2D eigenvalue weighted by Crippen LogP contribution is 2.49. The van der Waals surface area contributed by atoms with Crippen molar-refractivity contribution < 1.29 is 55.2 Å².